The molecule has 0 saturated carbocycles. The van der Waals surface area contributed by atoms with Gasteiger partial charge in [0.05, 0.1) is 30.5 Å². The Morgan fingerprint density at radius 3 is 2.03 bits per heavy atom. The van der Waals surface area contributed by atoms with Gasteiger partial charge in [0.15, 0.2) is 0 Å². The first-order chi connectivity index (χ1) is 17.2. The van der Waals surface area contributed by atoms with Crippen LogP contribution in [0, 0.1) is 0 Å². The molecular formula is C21H25BrF6N4O5. The van der Waals surface area contributed by atoms with Gasteiger partial charge in [-0.25, -0.2) is 9.59 Å². The molecule has 208 valence electrons. The van der Waals surface area contributed by atoms with Crippen LogP contribution in [0.3, 0.4) is 0 Å². The summed E-state index contributed by atoms with van der Waals surface area (Å²) in [5, 5.41) is 24.0. The number of halogens is 7. The molecule has 0 amide bonds. The molecule has 3 heterocycles. The number of rotatable bonds is 3. The zero-order valence-corrected chi connectivity index (χ0v) is 20.9. The molecule has 0 unspecified atom stereocenters. The Morgan fingerprint density at radius 2 is 1.54 bits per heavy atom. The lowest BCUT2D eigenvalue weighted by Gasteiger charge is -2.26. The number of piperidine rings is 1. The normalized spacial score (nSPS) is 17.4. The zero-order chi connectivity index (χ0) is 27.8. The highest BCUT2D eigenvalue weighted by atomic mass is 79.9. The molecule has 37 heavy (non-hydrogen) atoms. The molecule has 0 spiro atoms. The highest BCUT2D eigenvalue weighted by Crippen LogP contribution is 2.29. The van der Waals surface area contributed by atoms with Crippen LogP contribution in [-0.4, -0.2) is 88.6 Å². The van der Waals surface area contributed by atoms with Crippen LogP contribution in [0.1, 0.15) is 24.6 Å². The fourth-order valence-corrected chi connectivity index (χ4v) is 3.96. The molecule has 2 saturated heterocycles. The number of carbonyl (C=O) groups is 2. The van der Waals surface area contributed by atoms with Crippen LogP contribution in [0.2, 0.25) is 0 Å². The third kappa shape index (κ3) is 9.75. The van der Waals surface area contributed by atoms with Crippen molar-refractivity contribution in [2.24, 2.45) is 0 Å². The van der Waals surface area contributed by atoms with Gasteiger partial charge in [0.2, 0.25) is 0 Å². The number of morpholine rings is 1. The van der Waals surface area contributed by atoms with Gasteiger partial charge >= 0.3 is 24.3 Å². The van der Waals surface area contributed by atoms with Crippen molar-refractivity contribution in [3.8, 4) is 0 Å². The highest BCUT2D eigenvalue weighted by Gasteiger charge is 2.38. The Morgan fingerprint density at radius 1 is 1.03 bits per heavy atom. The fourth-order valence-electron chi connectivity index (χ4n) is 3.59. The van der Waals surface area contributed by atoms with E-state index in [1.807, 2.05) is 0 Å². The summed E-state index contributed by atoms with van der Waals surface area (Å²) in [6.07, 6.45) is -7.85. The number of carboxylic acids is 2. The molecule has 0 radical (unpaired) electrons. The number of aliphatic carboxylic acids is 2. The first-order valence-electron chi connectivity index (χ1n) is 11.0. The number of aromatic nitrogens is 2. The van der Waals surface area contributed by atoms with E-state index in [0.717, 1.165) is 63.3 Å². The molecule has 2 aliphatic heterocycles. The van der Waals surface area contributed by atoms with Crippen molar-refractivity contribution in [2.75, 3.05) is 39.4 Å². The van der Waals surface area contributed by atoms with E-state index in [-0.39, 0.29) is 0 Å². The van der Waals surface area contributed by atoms with Crippen molar-refractivity contribution in [3.05, 3.63) is 28.4 Å². The minimum Gasteiger partial charge on any atom is -0.475 e. The van der Waals surface area contributed by atoms with Crippen LogP contribution in [-0.2, 0) is 20.9 Å². The Labute approximate surface area is 215 Å². The predicted octanol–water partition coefficient (Wildman–Crippen LogP) is 3.82. The van der Waals surface area contributed by atoms with Crippen LogP contribution < -0.4 is 5.32 Å². The highest BCUT2D eigenvalue weighted by molar-refractivity contribution is 9.10. The largest absolute Gasteiger partial charge is 0.490 e. The van der Waals surface area contributed by atoms with E-state index >= 15 is 0 Å². The predicted molar refractivity (Wildman–Crippen MR) is 122 cm³/mol. The molecule has 3 N–H and O–H groups in total. The summed E-state index contributed by atoms with van der Waals surface area (Å²) < 4.78 is 72.3. The second-order valence-corrected chi connectivity index (χ2v) is 8.94. The van der Waals surface area contributed by atoms with Crippen molar-refractivity contribution in [1.82, 2.24) is 20.0 Å². The Balaban J connectivity index is 0.000000286. The van der Waals surface area contributed by atoms with Crippen molar-refractivity contribution in [3.63, 3.8) is 0 Å². The van der Waals surface area contributed by atoms with Crippen molar-refractivity contribution in [2.45, 2.75) is 37.8 Å². The summed E-state index contributed by atoms with van der Waals surface area (Å²) in [5.74, 6) is -5.51. The first kappa shape index (κ1) is 30.8. The van der Waals surface area contributed by atoms with Gasteiger partial charge < -0.3 is 20.3 Å². The topological polar surface area (TPSA) is 117 Å². The second-order valence-electron chi connectivity index (χ2n) is 8.03. The third-order valence-electron chi connectivity index (χ3n) is 5.36. The maximum atomic E-state index is 10.6. The van der Waals surface area contributed by atoms with Gasteiger partial charge in [0, 0.05) is 29.5 Å². The average Bonchev–Trinajstić information content (AvgIpc) is 3.17. The summed E-state index contributed by atoms with van der Waals surface area (Å²) in [6.45, 7) is 6.73. The first-order valence-corrected chi connectivity index (χ1v) is 11.8. The lowest BCUT2D eigenvalue weighted by molar-refractivity contribution is -0.193. The van der Waals surface area contributed by atoms with E-state index in [0.29, 0.717) is 6.04 Å². The van der Waals surface area contributed by atoms with E-state index in [4.69, 9.17) is 29.6 Å². The molecule has 1 aromatic carbocycles. The zero-order valence-electron chi connectivity index (χ0n) is 19.3. The van der Waals surface area contributed by atoms with E-state index in [1.54, 1.807) is 0 Å². The summed E-state index contributed by atoms with van der Waals surface area (Å²) >= 11 is 3.62. The SMILES string of the molecule is Brc1ccc2c(c1)c(CN1CCOCC1)nn2C1CCNCC1.O=C(O)C(F)(F)F.O=C(O)C(F)(F)F. The number of nitrogens with one attached hydrogen (secondary N) is 1. The number of alkyl halides is 6. The minimum absolute atomic E-state index is 0.512. The van der Waals surface area contributed by atoms with Gasteiger partial charge in [-0.3, -0.25) is 9.58 Å². The van der Waals surface area contributed by atoms with Crippen LogP contribution in [0.25, 0.3) is 10.9 Å². The van der Waals surface area contributed by atoms with Gasteiger partial charge in [-0.05, 0) is 44.1 Å². The summed E-state index contributed by atoms with van der Waals surface area (Å²) in [7, 11) is 0. The minimum atomic E-state index is -5.08. The van der Waals surface area contributed by atoms with E-state index < -0.39 is 24.3 Å². The van der Waals surface area contributed by atoms with E-state index in [9.17, 15) is 26.3 Å². The lowest BCUT2D eigenvalue weighted by Crippen LogP contribution is -2.35. The number of fused-ring (bicyclic) bond motifs is 1. The lowest BCUT2D eigenvalue weighted by atomic mass is 10.1. The number of carboxylic acid groups (broad SMARTS) is 2. The second kappa shape index (κ2) is 13.4. The Kier molecular flexibility index (Phi) is 11.1. The molecule has 1 aromatic heterocycles. The van der Waals surface area contributed by atoms with Crippen molar-refractivity contribution >= 4 is 38.8 Å². The Bertz CT molecular complexity index is 1030. The number of hydrogen-bond acceptors (Lipinski definition) is 6. The molecule has 2 aliphatic rings. The molecular weight excluding hydrogens is 582 g/mol. The average molecular weight is 607 g/mol. The fraction of sp³-hybridized carbons (Fsp3) is 0.571. The van der Waals surface area contributed by atoms with Crippen LogP contribution in [0.5, 0.6) is 0 Å². The van der Waals surface area contributed by atoms with Gasteiger partial charge in [-0.1, -0.05) is 15.9 Å². The number of nitrogens with zero attached hydrogens (tertiary/aromatic N) is 3. The smallest absolute Gasteiger partial charge is 0.475 e. The van der Waals surface area contributed by atoms with Crippen LogP contribution in [0.4, 0.5) is 26.3 Å². The summed E-state index contributed by atoms with van der Waals surface area (Å²) in [5.41, 5.74) is 2.46. The quantitative estimate of drug-likeness (QED) is 0.452. The maximum Gasteiger partial charge on any atom is 0.490 e. The summed E-state index contributed by atoms with van der Waals surface area (Å²) in [6, 6.07) is 7.06. The molecule has 9 nitrogen and oxygen atoms in total. The molecule has 2 aromatic rings. The van der Waals surface area contributed by atoms with Gasteiger partial charge in [-0.2, -0.15) is 31.4 Å². The van der Waals surface area contributed by atoms with Crippen LogP contribution >= 0.6 is 15.9 Å². The maximum absolute atomic E-state index is 10.6. The van der Waals surface area contributed by atoms with Crippen LogP contribution in [0.15, 0.2) is 22.7 Å². The Hall–Kier alpha value is -2.43. The van der Waals surface area contributed by atoms with Gasteiger partial charge in [0.25, 0.3) is 0 Å². The molecule has 0 bridgehead atoms. The molecule has 4 rings (SSSR count). The number of hydrogen-bond donors (Lipinski definition) is 3. The third-order valence-corrected chi connectivity index (χ3v) is 5.85. The molecule has 16 heteroatoms. The van der Waals surface area contributed by atoms with Gasteiger partial charge in [-0.15, -0.1) is 0 Å². The standard InChI is InChI=1S/C17H23BrN4O.2C2HF3O2/c18-13-1-2-17-15(11-13)16(12-21-7-9-23-10-8-21)20-22(17)14-3-5-19-6-4-14;2*3-2(4,5)1(6)7/h1-2,11,14,19H,3-10,12H2;2*(H,6,7). The number of benzene rings is 1. The van der Waals surface area contributed by atoms with Crippen molar-refractivity contribution in [1.29, 1.82) is 0 Å². The van der Waals surface area contributed by atoms with Gasteiger partial charge in [0.1, 0.15) is 0 Å². The van der Waals surface area contributed by atoms with E-state index in [1.165, 1.54) is 16.6 Å². The number of ether oxygens (including phenoxy) is 1. The summed E-state index contributed by atoms with van der Waals surface area (Å²) in [4.78, 5) is 20.2. The van der Waals surface area contributed by atoms with Crippen molar-refractivity contribution < 1.29 is 50.9 Å². The monoisotopic (exact) mass is 606 g/mol. The molecule has 0 atom stereocenters. The molecule has 0 aliphatic carbocycles. The molecule has 2 fully saturated rings. The van der Waals surface area contributed by atoms with E-state index in [2.05, 4.69) is 49.0 Å².